The van der Waals surface area contributed by atoms with Gasteiger partial charge in [-0.25, -0.2) is 0 Å². The summed E-state index contributed by atoms with van der Waals surface area (Å²) in [4.78, 5) is 10.8. The van der Waals surface area contributed by atoms with Crippen LogP contribution in [0.1, 0.15) is 17.3 Å². The normalized spacial score (nSPS) is 9.64. The van der Waals surface area contributed by atoms with Gasteiger partial charge in [0.25, 0.3) is 0 Å². The fourth-order valence-corrected chi connectivity index (χ4v) is 1.43. The third-order valence-corrected chi connectivity index (χ3v) is 2.53. The topological polar surface area (TPSA) is 37.3 Å². The maximum atomic E-state index is 10.8. The van der Waals surface area contributed by atoms with E-state index in [9.17, 15) is 4.79 Å². The van der Waals surface area contributed by atoms with Crippen LogP contribution in [0.5, 0.6) is 5.75 Å². The number of phenols is 1. The van der Waals surface area contributed by atoms with Gasteiger partial charge in [-0.3, -0.25) is 0 Å². The molecule has 0 amide bonds. The number of Topliss-reactive ketones (excluding diaryl/α,β-unsaturated/α-hetero) is 1. The molecule has 2 nitrogen and oxygen atoms in total. The molecular weight excluding hydrogens is 338 g/mol. The summed E-state index contributed by atoms with van der Waals surface area (Å²) in [6.45, 7) is 1.51. The monoisotopic (exact) mass is 345 g/mol. The van der Waals surface area contributed by atoms with Crippen molar-refractivity contribution in [3.05, 3.63) is 23.8 Å². The van der Waals surface area contributed by atoms with Crippen LogP contribution < -0.4 is 3.27 Å². The summed E-state index contributed by atoms with van der Waals surface area (Å²) in [5, 5.41) is 9.13. The fourth-order valence-electron chi connectivity index (χ4n) is 0.726. The minimum absolute atomic E-state index is 0.0303. The van der Waals surface area contributed by atoms with Crippen molar-refractivity contribution in [2.75, 3.05) is 0 Å². The molecule has 0 aliphatic heterocycles. The number of aromatic hydroxyl groups is 1. The average Bonchev–Trinajstić information content (AvgIpc) is 1.94. The third kappa shape index (κ3) is 2.00. The van der Waals surface area contributed by atoms with Gasteiger partial charge in [0.2, 0.25) is 0 Å². The standard InChI is InChI=1S/C8H7AtO2/c1-5(10)6-2-3-8(11)7(9)4-6/h2-4,11H,1H3. The van der Waals surface area contributed by atoms with Crippen molar-refractivity contribution in [2.24, 2.45) is 0 Å². The van der Waals surface area contributed by atoms with E-state index in [1.165, 1.54) is 31.6 Å². The van der Waals surface area contributed by atoms with Gasteiger partial charge < -0.3 is 0 Å². The zero-order chi connectivity index (χ0) is 8.43. The number of benzene rings is 1. The van der Waals surface area contributed by atoms with Crippen LogP contribution >= 0.6 is 0 Å². The average molecular weight is 345 g/mol. The Kier molecular flexibility index (Phi) is 2.61. The van der Waals surface area contributed by atoms with E-state index in [-0.39, 0.29) is 11.5 Å². The first-order valence-corrected chi connectivity index (χ1v) is 4.57. The summed E-state index contributed by atoms with van der Waals surface area (Å²) in [7, 11) is 0. The van der Waals surface area contributed by atoms with Gasteiger partial charge in [-0.1, -0.05) is 0 Å². The number of hydrogen-bond donors (Lipinski definition) is 1. The molecule has 0 bridgehead atoms. The molecule has 0 heterocycles. The van der Waals surface area contributed by atoms with E-state index in [0.29, 0.717) is 5.56 Å². The van der Waals surface area contributed by atoms with Gasteiger partial charge >= 0.3 is 80.1 Å². The Hall–Kier alpha value is -0.427. The Bertz CT molecular complexity index is 294. The molecule has 0 aliphatic rings. The predicted octanol–water partition coefficient (Wildman–Crippen LogP) is 0.769. The van der Waals surface area contributed by atoms with Gasteiger partial charge in [0.1, 0.15) is 0 Å². The van der Waals surface area contributed by atoms with Crippen molar-refractivity contribution in [3.63, 3.8) is 0 Å². The summed E-state index contributed by atoms with van der Waals surface area (Å²) in [6, 6.07) is 4.88. The molecule has 1 N–H and O–H groups in total. The van der Waals surface area contributed by atoms with Gasteiger partial charge in [0.05, 0.1) is 0 Å². The van der Waals surface area contributed by atoms with Crippen LogP contribution in [0.3, 0.4) is 0 Å². The van der Waals surface area contributed by atoms with Gasteiger partial charge in [0, 0.05) is 0 Å². The number of carbonyl (C=O) groups is 1. The zero-order valence-corrected chi connectivity index (χ0v) is 8.90. The van der Waals surface area contributed by atoms with E-state index in [1.54, 1.807) is 18.2 Å². The molecule has 0 radical (unpaired) electrons. The zero-order valence-electron chi connectivity index (χ0n) is 5.97. The number of phenolic OH excluding ortho intramolecular Hbond substituents is 1. The van der Waals surface area contributed by atoms with Gasteiger partial charge in [-0.2, -0.15) is 0 Å². The van der Waals surface area contributed by atoms with Crippen LogP contribution in [0.25, 0.3) is 0 Å². The van der Waals surface area contributed by atoms with Crippen molar-refractivity contribution >= 4 is 9.05 Å². The van der Waals surface area contributed by atoms with Crippen molar-refractivity contribution in [2.45, 2.75) is 6.92 Å². The molecule has 0 aromatic heterocycles. The van der Waals surface area contributed by atoms with Crippen LogP contribution in [0.2, 0.25) is 0 Å². The Morgan fingerprint density at radius 3 is 2.64 bits per heavy atom. The van der Waals surface area contributed by atoms with E-state index in [0.717, 1.165) is 3.27 Å². The molecule has 0 unspecified atom stereocenters. The molecule has 0 fully saturated rings. The van der Waals surface area contributed by atoms with Crippen molar-refractivity contribution < 1.29 is 34.6 Å². The number of ketones is 1. The van der Waals surface area contributed by atoms with E-state index in [1.807, 2.05) is 0 Å². The molecule has 0 saturated carbocycles. The Morgan fingerprint density at radius 1 is 1.55 bits per heavy atom. The molecule has 3 heteroatoms. The Labute approximate surface area is 80.1 Å². The van der Waals surface area contributed by atoms with Crippen molar-refractivity contribution in [1.29, 1.82) is 0 Å². The second-order valence-electron chi connectivity index (χ2n) is 2.22. The SMILES string of the molecule is CC(=O)c1ccc(O)c([At])c1. The summed E-state index contributed by atoms with van der Waals surface area (Å²) in [5.41, 5.74) is 0.653. The van der Waals surface area contributed by atoms with Crippen LogP contribution in [0.15, 0.2) is 18.2 Å². The molecular formula is C8H7AtO2. The first-order valence-electron chi connectivity index (χ1n) is 3.10. The second-order valence-corrected chi connectivity index (χ2v) is 3.81. The summed E-state index contributed by atoms with van der Waals surface area (Å²) >= 11 is 1.37. The van der Waals surface area contributed by atoms with E-state index < -0.39 is 0 Å². The van der Waals surface area contributed by atoms with Crippen LogP contribution in [-0.4, -0.2) is 10.9 Å². The van der Waals surface area contributed by atoms with Crippen LogP contribution in [0, 0.1) is 24.7 Å². The van der Waals surface area contributed by atoms with E-state index in [2.05, 4.69) is 0 Å². The molecule has 58 valence electrons. The summed E-state index contributed by atoms with van der Waals surface area (Å²) in [5.74, 6) is 0.286. The Morgan fingerprint density at radius 2 is 2.18 bits per heavy atom. The number of rotatable bonds is 1. The molecule has 11 heavy (non-hydrogen) atoms. The molecule has 0 atom stereocenters. The minimum atomic E-state index is 0.0303. The van der Waals surface area contributed by atoms with Crippen molar-refractivity contribution in [1.82, 2.24) is 0 Å². The predicted molar refractivity (Wildman–Crippen MR) is 37.7 cm³/mol. The Balaban J connectivity index is 3.15. The second kappa shape index (κ2) is 3.31. The van der Waals surface area contributed by atoms with Crippen molar-refractivity contribution in [3.8, 4) is 5.75 Å². The number of carbonyl (C=O) groups excluding carboxylic acids is 1. The molecule has 1 rings (SSSR count). The van der Waals surface area contributed by atoms with Gasteiger partial charge in [0.15, 0.2) is 0 Å². The molecule has 0 saturated heterocycles. The van der Waals surface area contributed by atoms with Gasteiger partial charge in [-0.15, -0.1) is 0 Å². The van der Waals surface area contributed by atoms with E-state index in [4.69, 9.17) is 5.11 Å². The van der Waals surface area contributed by atoms with E-state index >= 15 is 0 Å². The first-order chi connectivity index (χ1) is 5.11. The summed E-state index contributed by atoms with van der Waals surface area (Å²) in [6.07, 6.45) is 0. The first kappa shape index (κ1) is 8.67. The molecule has 1 aromatic rings. The van der Waals surface area contributed by atoms with Crippen LogP contribution in [-0.2, 0) is 0 Å². The maximum absolute atomic E-state index is 10.8. The third-order valence-electron chi connectivity index (χ3n) is 1.35. The quantitative estimate of drug-likeness (QED) is 0.764. The van der Waals surface area contributed by atoms with Crippen LogP contribution in [0.4, 0.5) is 0 Å². The molecule has 1 aromatic carbocycles. The molecule has 0 aliphatic carbocycles. The van der Waals surface area contributed by atoms with Gasteiger partial charge in [-0.05, 0) is 0 Å². The summed E-state index contributed by atoms with van der Waals surface area (Å²) < 4.78 is 0.790. The molecule has 0 spiro atoms. The fraction of sp³-hybridized carbons (Fsp3) is 0.125. The number of hydrogen-bond acceptors (Lipinski definition) is 2.